The summed E-state index contributed by atoms with van der Waals surface area (Å²) in [6.45, 7) is 0. The van der Waals surface area contributed by atoms with Crippen LogP contribution in [-0.2, 0) is 28.1 Å². The predicted molar refractivity (Wildman–Crippen MR) is 120 cm³/mol. The molecule has 1 aliphatic carbocycles. The minimum absolute atomic E-state index is 0.0359. The molecule has 0 radical (unpaired) electrons. The summed E-state index contributed by atoms with van der Waals surface area (Å²) in [7, 11) is 1.92. The summed E-state index contributed by atoms with van der Waals surface area (Å²) in [4.78, 5) is 4.03. The van der Waals surface area contributed by atoms with E-state index in [2.05, 4.69) is 4.98 Å². The van der Waals surface area contributed by atoms with E-state index in [-0.39, 0.29) is 11.9 Å². The number of phenols is 2. The molecule has 0 atom stereocenters. The average molecular weight is 472 g/mol. The van der Waals surface area contributed by atoms with Gasteiger partial charge in [-0.3, -0.25) is 4.98 Å². The number of nitrogens with zero attached hydrogens (tertiary/aromatic N) is 2. The van der Waals surface area contributed by atoms with Crippen LogP contribution in [0, 0.1) is 0 Å². The summed E-state index contributed by atoms with van der Waals surface area (Å²) in [6, 6.07) is 18.6. The van der Waals surface area contributed by atoms with Crippen LogP contribution >= 0.6 is 0 Å². The van der Waals surface area contributed by atoms with E-state index in [0.29, 0.717) is 11.3 Å². The number of rotatable bonds is 0. The number of aromatic hydroxyl groups is 2. The van der Waals surface area contributed by atoms with Crippen LogP contribution in [-0.4, -0.2) is 26.4 Å². The fraction of sp³-hybridized carbons (Fsp3) is 0.280. The van der Waals surface area contributed by atoms with E-state index >= 15 is 0 Å². The molecule has 0 amide bonds. The molecule has 0 aliphatic heterocycles. The molecule has 3 N–H and O–H groups in total. The molecule has 0 saturated heterocycles. The van der Waals surface area contributed by atoms with Crippen LogP contribution in [0.3, 0.4) is 0 Å². The van der Waals surface area contributed by atoms with E-state index in [1.165, 1.54) is 19.3 Å². The molecule has 7 heteroatoms. The van der Waals surface area contributed by atoms with Crippen molar-refractivity contribution in [3.05, 3.63) is 73.1 Å². The van der Waals surface area contributed by atoms with Gasteiger partial charge < -0.3 is 15.3 Å². The molecule has 167 valence electrons. The second-order valence-corrected chi connectivity index (χ2v) is 7.48. The van der Waals surface area contributed by atoms with Crippen molar-refractivity contribution in [3.8, 4) is 11.5 Å². The third-order valence-electron chi connectivity index (χ3n) is 5.17. The standard InChI is InChI=1S/C10H9NO.C9H7NO.C6H12O.O.V/c1-11-7-3-5-8-4-2-6-9(12)10(8)11;11-8-5-1-3-7-4-2-6-10-9(7)8;7-6-4-2-1-3-5-6;;/h2-7H,1H3;1-6,11H;6-7H,1-5H2;;/p+1. The number of pyridine rings is 2. The number of phenolic OH excluding ortho intramolecular Hbond substituents is 2. The summed E-state index contributed by atoms with van der Waals surface area (Å²) in [5.74, 6) is 0.568. The van der Waals surface area contributed by atoms with Crippen LogP contribution in [0.2, 0.25) is 0 Å². The number of hydrogen-bond donors (Lipinski definition) is 3. The molecule has 0 unspecified atom stereocenters. The van der Waals surface area contributed by atoms with E-state index in [0.717, 1.165) is 46.5 Å². The van der Waals surface area contributed by atoms with Gasteiger partial charge in [-0.2, -0.15) is 4.57 Å². The second kappa shape index (κ2) is 13.6. The van der Waals surface area contributed by atoms with Gasteiger partial charge in [0.2, 0.25) is 0 Å². The first kappa shape index (κ1) is 25.5. The molecule has 32 heavy (non-hydrogen) atoms. The number of hydrogen-bond acceptors (Lipinski definition) is 5. The van der Waals surface area contributed by atoms with Gasteiger partial charge in [0, 0.05) is 17.6 Å². The second-order valence-electron chi connectivity index (χ2n) is 7.48. The Morgan fingerprint density at radius 2 is 1.44 bits per heavy atom. The van der Waals surface area contributed by atoms with Crippen LogP contribution in [0.4, 0.5) is 0 Å². The van der Waals surface area contributed by atoms with Crippen molar-refractivity contribution in [2.24, 2.45) is 7.05 Å². The van der Waals surface area contributed by atoms with Gasteiger partial charge in [0.15, 0.2) is 11.9 Å². The third kappa shape index (κ3) is 7.41. The quantitative estimate of drug-likeness (QED) is 0.328. The summed E-state index contributed by atoms with van der Waals surface area (Å²) in [5.41, 5.74) is 1.54. The van der Waals surface area contributed by atoms with Crippen molar-refractivity contribution in [2.75, 3.05) is 0 Å². The van der Waals surface area contributed by atoms with E-state index in [4.69, 9.17) is 8.78 Å². The van der Waals surface area contributed by atoms with Gasteiger partial charge in [-0.1, -0.05) is 43.5 Å². The van der Waals surface area contributed by atoms with Crippen molar-refractivity contribution in [2.45, 2.75) is 38.2 Å². The topological polar surface area (TPSA) is 94.5 Å². The number of benzene rings is 2. The molecule has 0 bridgehead atoms. The molecular weight excluding hydrogens is 443 g/mol. The number of aryl methyl sites for hydroxylation is 1. The summed E-state index contributed by atoms with van der Waals surface area (Å²) < 4.78 is 10.1. The van der Waals surface area contributed by atoms with Gasteiger partial charge in [-0.15, -0.1) is 0 Å². The molecule has 2 aromatic heterocycles. The van der Waals surface area contributed by atoms with Gasteiger partial charge in [0.05, 0.1) is 11.5 Å². The first-order valence-electron chi connectivity index (χ1n) is 10.5. The third-order valence-corrected chi connectivity index (χ3v) is 5.17. The van der Waals surface area contributed by atoms with Gasteiger partial charge in [-0.05, 0) is 43.2 Å². The van der Waals surface area contributed by atoms with E-state index in [9.17, 15) is 10.2 Å². The van der Waals surface area contributed by atoms with Crippen LogP contribution in [0.5, 0.6) is 11.5 Å². The molecule has 2 heterocycles. The molecule has 2 aromatic carbocycles. The Hall–Kier alpha value is -2.80. The van der Waals surface area contributed by atoms with Crippen molar-refractivity contribution >= 4 is 21.8 Å². The van der Waals surface area contributed by atoms with Crippen molar-refractivity contribution in [1.29, 1.82) is 0 Å². The number of para-hydroxylation sites is 2. The molecule has 6 nitrogen and oxygen atoms in total. The van der Waals surface area contributed by atoms with Crippen molar-refractivity contribution in [1.82, 2.24) is 4.98 Å². The van der Waals surface area contributed by atoms with Crippen LogP contribution in [0.25, 0.3) is 21.8 Å². The molecule has 1 saturated carbocycles. The Morgan fingerprint density at radius 3 is 2.03 bits per heavy atom. The number of aliphatic hydroxyl groups is 1. The van der Waals surface area contributed by atoms with Gasteiger partial charge in [0.1, 0.15) is 18.3 Å². The average Bonchev–Trinajstić information content (AvgIpc) is 2.82. The maximum absolute atomic E-state index is 9.53. The SMILES string of the molecule is C[n+]1cccc2cccc(O)c21.OC1CCCCC1.Oc1cccc2cccnc12.[O]=[V]. The monoisotopic (exact) mass is 472 g/mol. The van der Waals surface area contributed by atoms with Gasteiger partial charge >= 0.3 is 21.0 Å². The maximum atomic E-state index is 9.53. The summed E-state index contributed by atoms with van der Waals surface area (Å²) >= 11 is 1.06. The molecule has 1 fully saturated rings. The zero-order valence-corrected chi connectivity index (χ0v) is 19.5. The van der Waals surface area contributed by atoms with Crippen LogP contribution < -0.4 is 4.57 Å². The Balaban J connectivity index is 0.000000169. The Bertz CT molecular complexity index is 1080. The Kier molecular flexibility index (Phi) is 10.8. The van der Waals surface area contributed by atoms with Gasteiger partial charge in [0.25, 0.3) is 5.52 Å². The number of aromatic nitrogens is 2. The first-order valence-corrected chi connectivity index (χ1v) is 11.1. The van der Waals surface area contributed by atoms with Crippen molar-refractivity contribution in [3.63, 3.8) is 0 Å². The van der Waals surface area contributed by atoms with E-state index in [1.807, 2.05) is 60.3 Å². The van der Waals surface area contributed by atoms with Crippen LogP contribution in [0.15, 0.2) is 73.1 Å². The Morgan fingerprint density at radius 1 is 0.844 bits per heavy atom. The van der Waals surface area contributed by atoms with E-state index in [1.54, 1.807) is 24.4 Å². The molecule has 1 aliphatic rings. The van der Waals surface area contributed by atoms with Crippen LogP contribution in [0.1, 0.15) is 32.1 Å². The zero-order chi connectivity index (χ0) is 23.3. The fourth-order valence-electron chi connectivity index (χ4n) is 3.59. The summed E-state index contributed by atoms with van der Waals surface area (Å²) in [5, 5.41) is 29.8. The van der Waals surface area contributed by atoms with E-state index < -0.39 is 0 Å². The zero-order valence-electron chi connectivity index (χ0n) is 18.1. The normalized spacial score (nSPS) is 13.0. The van der Waals surface area contributed by atoms with Crippen molar-refractivity contribution < 1.29 is 40.9 Å². The molecular formula is C25H29N2O4V+. The minimum atomic E-state index is 0.0359. The Labute approximate surface area is 197 Å². The molecule has 0 spiro atoms. The predicted octanol–water partition coefficient (Wildman–Crippen LogP) is 4.50. The molecule has 5 rings (SSSR count). The number of fused-ring (bicyclic) bond motifs is 2. The first-order chi connectivity index (χ1) is 15.6. The fourth-order valence-corrected chi connectivity index (χ4v) is 3.59. The molecule has 4 aromatic rings. The summed E-state index contributed by atoms with van der Waals surface area (Å²) in [6.07, 6.45) is 9.51. The number of aliphatic hydroxyl groups excluding tert-OH is 1. The van der Waals surface area contributed by atoms with Gasteiger partial charge in [-0.25, -0.2) is 0 Å².